The van der Waals surface area contributed by atoms with Gasteiger partial charge in [0.05, 0.1) is 6.26 Å². The first-order chi connectivity index (χ1) is 8.24. The standard InChI is InChI=1S/C14H15NO2/c1-11-4-2-5-12(10-11)15-14(16)8-7-13-6-3-9-17-13/h2-6,9-10H,7-8H2,1H3,(H,15,16). The Morgan fingerprint density at radius 1 is 1.29 bits per heavy atom. The molecule has 2 aromatic rings. The Morgan fingerprint density at radius 2 is 2.18 bits per heavy atom. The van der Waals surface area contributed by atoms with Gasteiger partial charge < -0.3 is 9.73 Å². The van der Waals surface area contributed by atoms with E-state index in [0.29, 0.717) is 12.8 Å². The minimum absolute atomic E-state index is 0.00648. The van der Waals surface area contributed by atoms with Crippen LogP contribution < -0.4 is 5.32 Å². The second kappa shape index (κ2) is 5.34. The highest BCUT2D eigenvalue weighted by molar-refractivity contribution is 5.90. The number of aryl methyl sites for hydroxylation is 2. The minimum Gasteiger partial charge on any atom is -0.469 e. The van der Waals surface area contributed by atoms with Crippen molar-refractivity contribution in [3.05, 3.63) is 54.0 Å². The number of furan rings is 1. The lowest BCUT2D eigenvalue weighted by atomic mass is 10.2. The monoisotopic (exact) mass is 229 g/mol. The number of nitrogens with one attached hydrogen (secondary N) is 1. The average Bonchev–Trinajstić information content (AvgIpc) is 2.79. The van der Waals surface area contributed by atoms with E-state index in [2.05, 4.69) is 5.32 Å². The molecular formula is C14H15NO2. The van der Waals surface area contributed by atoms with Crippen molar-refractivity contribution in [1.82, 2.24) is 0 Å². The van der Waals surface area contributed by atoms with Crippen LogP contribution in [0.2, 0.25) is 0 Å². The van der Waals surface area contributed by atoms with Gasteiger partial charge in [-0.3, -0.25) is 4.79 Å². The predicted octanol–water partition coefficient (Wildman–Crippen LogP) is 3.16. The van der Waals surface area contributed by atoms with Crippen LogP contribution >= 0.6 is 0 Å². The fraction of sp³-hybridized carbons (Fsp3) is 0.214. The molecule has 0 spiro atoms. The van der Waals surface area contributed by atoms with E-state index >= 15 is 0 Å². The molecule has 2 rings (SSSR count). The fourth-order valence-corrected chi connectivity index (χ4v) is 1.64. The van der Waals surface area contributed by atoms with Crippen LogP contribution in [0.1, 0.15) is 17.7 Å². The first-order valence-corrected chi connectivity index (χ1v) is 5.63. The summed E-state index contributed by atoms with van der Waals surface area (Å²) < 4.78 is 5.17. The lowest BCUT2D eigenvalue weighted by molar-refractivity contribution is -0.116. The van der Waals surface area contributed by atoms with Crippen molar-refractivity contribution < 1.29 is 9.21 Å². The molecule has 88 valence electrons. The average molecular weight is 229 g/mol. The van der Waals surface area contributed by atoms with Crippen molar-refractivity contribution in [3.63, 3.8) is 0 Å². The quantitative estimate of drug-likeness (QED) is 0.875. The Labute approximate surface area is 100 Å². The molecule has 0 bridgehead atoms. The molecule has 0 aliphatic rings. The third kappa shape index (κ3) is 3.48. The number of carbonyl (C=O) groups excluding carboxylic acids is 1. The van der Waals surface area contributed by atoms with Gasteiger partial charge in [0.25, 0.3) is 0 Å². The van der Waals surface area contributed by atoms with E-state index in [1.165, 1.54) is 0 Å². The normalized spacial score (nSPS) is 10.2. The molecule has 0 fully saturated rings. The number of benzene rings is 1. The van der Waals surface area contributed by atoms with Gasteiger partial charge in [0.1, 0.15) is 5.76 Å². The zero-order chi connectivity index (χ0) is 12.1. The maximum atomic E-state index is 11.7. The van der Waals surface area contributed by atoms with Crippen LogP contribution in [0.15, 0.2) is 47.1 Å². The smallest absolute Gasteiger partial charge is 0.224 e. The summed E-state index contributed by atoms with van der Waals surface area (Å²) in [6.45, 7) is 2.00. The van der Waals surface area contributed by atoms with Gasteiger partial charge in [-0.25, -0.2) is 0 Å². The SMILES string of the molecule is Cc1cccc(NC(=O)CCc2ccco2)c1. The van der Waals surface area contributed by atoms with Crippen molar-refractivity contribution in [3.8, 4) is 0 Å². The summed E-state index contributed by atoms with van der Waals surface area (Å²) >= 11 is 0. The molecule has 1 aromatic heterocycles. The van der Waals surface area contributed by atoms with Crippen molar-refractivity contribution in [1.29, 1.82) is 0 Å². The Kier molecular flexibility index (Phi) is 3.60. The van der Waals surface area contributed by atoms with Crippen LogP contribution in [0.5, 0.6) is 0 Å². The molecule has 0 saturated carbocycles. The lowest BCUT2D eigenvalue weighted by Gasteiger charge is -2.05. The lowest BCUT2D eigenvalue weighted by Crippen LogP contribution is -2.12. The van der Waals surface area contributed by atoms with E-state index in [1.807, 2.05) is 43.3 Å². The highest BCUT2D eigenvalue weighted by Gasteiger charge is 2.04. The second-order valence-electron chi connectivity index (χ2n) is 4.00. The topological polar surface area (TPSA) is 42.2 Å². The summed E-state index contributed by atoms with van der Waals surface area (Å²) in [7, 11) is 0. The second-order valence-corrected chi connectivity index (χ2v) is 4.00. The number of carbonyl (C=O) groups is 1. The van der Waals surface area contributed by atoms with Gasteiger partial charge in [0.2, 0.25) is 5.91 Å². The fourth-order valence-electron chi connectivity index (χ4n) is 1.64. The van der Waals surface area contributed by atoms with E-state index in [9.17, 15) is 4.79 Å². The Bertz CT molecular complexity index is 489. The summed E-state index contributed by atoms with van der Waals surface area (Å²) in [6.07, 6.45) is 2.68. The van der Waals surface area contributed by atoms with E-state index < -0.39 is 0 Å². The van der Waals surface area contributed by atoms with Gasteiger partial charge in [0.15, 0.2) is 0 Å². The third-order valence-corrected chi connectivity index (χ3v) is 2.48. The van der Waals surface area contributed by atoms with E-state index in [1.54, 1.807) is 6.26 Å². The van der Waals surface area contributed by atoms with Gasteiger partial charge >= 0.3 is 0 Å². The molecule has 0 aliphatic carbocycles. The molecule has 1 aromatic carbocycles. The Morgan fingerprint density at radius 3 is 2.88 bits per heavy atom. The molecule has 0 aliphatic heterocycles. The summed E-state index contributed by atoms with van der Waals surface area (Å²) in [5.74, 6) is 0.844. The molecule has 1 amide bonds. The van der Waals surface area contributed by atoms with Crippen LogP contribution in [0.3, 0.4) is 0 Å². The van der Waals surface area contributed by atoms with Crippen LogP contribution in [0, 0.1) is 6.92 Å². The first-order valence-electron chi connectivity index (χ1n) is 5.63. The number of hydrogen-bond acceptors (Lipinski definition) is 2. The zero-order valence-electron chi connectivity index (χ0n) is 9.77. The van der Waals surface area contributed by atoms with Gasteiger partial charge in [-0.05, 0) is 36.8 Å². The number of anilines is 1. The summed E-state index contributed by atoms with van der Waals surface area (Å²) in [5, 5.41) is 2.86. The van der Waals surface area contributed by atoms with Gasteiger partial charge in [-0.2, -0.15) is 0 Å². The predicted molar refractivity (Wildman–Crippen MR) is 66.8 cm³/mol. The Balaban J connectivity index is 1.85. The summed E-state index contributed by atoms with van der Waals surface area (Å²) in [6, 6.07) is 11.5. The first kappa shape index (κ1) is 11.5. The number of hydrogen-bond donors (Lipinski definition) is 1. The maximum Gasteiger partial charge on any atom is 0.224 e. The Hall–Kier alpha value is -2.03. The van der Waals surface area contributed by atoms with Crippen molar-refractivity contribution in [2.45, 2.75) is 19.8 Å². The maximum absolute atomic E-state index is 11.7. The van der Waals surface area contributed by atoms with E-state index in [-0.39, 0.29) is 5.91 Å². The van der Waals surface area contributed by atoms with Crippen LogP contribution in [0.25, 0.3) is 0 Å². The van der Waals surface area contributed by atoms with Crippen LogP contribution in [-0.4, -0.2) is 5.91 Å². The highest BCUT2D eigenvalue weighted by atomic mass is 16.3. The van der Waals surface area contributed by atoms with Crippen molar-refractivity contribution in [2.75, 3.05) is 5.32 Å². The summed E-state index contributed by atoms with van der Waals surface area (Å²) in [5.41, 5.74) is 1.98. The van der Waals surface area contributed by atoms with Crippen LogP contribution in [-0.2, 0) is 11.2 Å². The third-order valence-electron chi connectivity index (χ3n) is 2.48. The molecule has 1 N–H and O–H groups in total. The highest BCUT2D eigenvalue weighted by Crippen LogP contribution is 2.10. The molecule has 1 heterocycles. The number of amides is 1. The van der Waals surface area contributed by atoms with Crippen molar-refractivity contribution in [2.24, 2.45) is 0 Å². The molecule has 3 heteroatoms. The molecular weight excluding hydrogens is 214 g/mol. The molecule has 0 unspecified atom stereocenters. The van der Waals surface area contributed by atoms with E-state index in [0.717, 1.165) is 17.0 Å². The van der Waals surface area contributed by atoms with Gasteiger partial charge in [-0.1, -0.05) is 12.1 Å². The van der Waals surface area contributed by atoms with Crippen molar-refractivity contribution >= 4 is 11.6 Å². The summed E-state index contributed by atoms with van der Waals surface area (Å²) in [4.78, 5) is 11.7. The molecule has 0 atom stereocenters. The van der Waals surface area contributed by atoms with Gasteiger partial charge in [-0.15, -0.1) is 0 Å². The van der Waals surface area contributed by atoms with E-state index in [4.69, 9.17) is 4.42 Å². The molecule has 0 radical (unpaired) electrons. The zero-order valence-corrected chi connectivity index (χ0v) is 9.77. The van der Waals surface area contributed by atoms with Gasteiger partial charge in [0, 0.05) is 18.5 Å². The largest absolute Gasteiger partial charge is 0.469 e. The van der Waals surface area contributed by atoms with Crippen LogP contribution in [0.4, 0.5) is 5.69 Å². The molecule has 0 saturated heterocycles. The molecule has 17 heavy (non-hydrogen) atoms. The molecule has 3 nitrogen and oxygen atoms in total. The minimum atomic E-state index is 0.00648. The number of rotatable bonds is 4.